The minimum Gasteiger partial charge on any atom is -0.356 e. The first-order valence-electron chi connectivity index (χ1n) is 3.64. The van der Waals surface area contributed by atoms with Gasteiger partial charge >= 0.3 is 0 Å². The van der Waals surface area contributed by atoms with Gasteiger partial charge in [0.15, 0.2) is 6.29 Å². The molecule has 1 rings (SSSR count). The van der Waals surface area contributed by atoms with Crippen molar-refractivity contribution in [1.29, 1.82) is 0 Å². The van der Waals surface area contributed by atoms with Crippen LogP contribution >= 0.6 is 0 Å². The second-order valence-electron chi connectivity index (χ2n) is 2.57. The molecule has 0 amide bonds. The average Bonchev–Trinajstić information content (AvgIpc) is 2.14. The van der Waals surface area contributed by atoms with Gasteiger partial charge in [-0.15, -0.1) is 0 Å². The summed E-state index contributed by atoms with van der Waals surface area (Å²) in [7, 11) is 1.68. The van der Waals surface area contributed by atoms with Crippen molar-refractivity contribution in [3.8, 4) is 0 Å². The van der Waals surface area contributed by atoms with Crippen molar-refractivity contribution < 1.29 is 9.47 Å². The Morgan fingerprint density at radius 3 is 3.10 bits per heavy atom. The fraction of sp³-hybridized carbons (Fsp3) is 0.750. The van der Waals surface area contributed by atoms with Gasteiger partial charge in [-0.2, -0.15) is 0 Å². The molecule has 1 aliphatic heterocycles. The van der Waals surface area contributed by atoms with Crippen molar-refractivity contribution in [2.75, 3.05) is 13.7 Å². The highest BCUT2D eigenvalue weighted by Gasteiger charge is 2.11. The minimum atomic E-state index is -0.000694. The lowest BCUT2D eigenvalue weighted by Gasteiger charge is -2.10. The van der Waals surface area contributed by atoms with E-state index >= 15 is 0 Å². The first kappa shape index (κ1) is 7.76. The van der Waals surface area contributed by atoms with Gasteiger partial charge in [-0.25, -0.2) is 0 Å². The van der Waals surface area contributed by atoms with Crippen LogP contribution in [-0.4, -0.2) is 20.0 Å². The van der Waals surface area contributed by atoms with E-state index in [1.807, 2.05) is 0 Å². The van der Waals surface area contributed by atoms with Crippen LogP contribution in [0.1, 0.15) is 19.3 Å². The first-order chi connectivity index (χ1) is 4.83. The third-order valence-electron chi connectivity index (χ3n) is 1.76. The van der Waals surface area contributed by atoms with Crippen LogP contribution in [0.15, 0.2) is 12.2 Å². The zero-order valence-corrected chi connectivity index (χ0v) is 6.43. The second-order valence-corrected chi connectivity index (χ2v) is 2.57. The Balaban J connectivity index is 2.33. The summed E-state index contributed by atoms with van der Waals surface area (Å²) < 4.78 is 10.4. The molecule has 1 heterocycles. The Bertz CT molecular complexity index is 120. The molecule has 0 N–H and O–H groups in total. The number of hydrogen-bond acceptors (Lipinski definition) is 2. The van der Waals surface area contributed by atoms with E-state index in [1.54, 1.807) is 7.11 Å². The fourth-order valence-corrected chi connectivity index (χ4v) is 1.05. The molecule has 1 unspecified atom stereocenters. The molecule has 0 aromatic carbocycles. The van der Waals surface area contributed by atoms with Crippen LogP contribution in [0.25, 0.3) is 0 Å². The molecular formula is C8H14O2. The molecule has 1 atom stereocenters. The van der Waals surface area contributed by atoms with Crippen molar-refractivity contribution in [1.82, 2.24) is 0 Å². The Kier molecular flexibility index (Phi) is 2.90. The largest absolute Gasteiger partial charge is 0.356 e. The van der Waals surface area contributed by atoms with E-state index in [0.717, 1.165) is 25.9 Å². The predicted molar refractivity (Wildman–Crippen MR) is 39.7 cm³/mol. The van der Waals surface area contributed by atoms with E-state index in [9.17, 15) is 0 Å². The summed E-state index contributed by atoms with van der Waals surface area (Å²) in [5.41, 5.74) is 1.28. The standard InChI is InChI=1S/C8H14O2/c1-7-3-4-8(9-2)10-6-5-7/h8H,1,3-6H2,2H3. The van der Waals surface area contributed by atoms with Gasteiger partial charge in [0.2, 0.25) is 0 Å². The maximum atomic E-state index is 5.34. The first-order valence-corrected chi connectivity index (χ1v) is 3.64. The summed E-state index contributed by atoms with van der Waals surface area (Å²) in [6, 6.07) is 0. The normalized spacial score (nSPS) is 28.1. The second kappa shape index (κ2) is 3.74. The lowest BCUT2D eigenvalue weighted by molar-refractivity contribution is -0.120. The molecule has 0 spiro atoms. The van der Waals surface area contributed by atoms with E-state index in [4.69, 9.17) is 9.47 Å². The maximum Gasteiger partial charge on any atom is 0.157 e. The number of hydrogen-bond donors (Lipinski definition) is 0. The van der Waals surface area contributed by atoms with Crippen molar-refractivity contribution in [2.45, 2.75) is 25.6 Å². The Morgan fingerprint density at radius 1 is 1.60 bits per heavy atom. The van der Waals surface area contributed by atoms with Crippen molar-refractivity contribution >= 4 is 0 Å². The summed E-state index contributed by atoms with van der Waals surface area (Å²) in [6.45, 7) is 4.67. The highest BCUT2D eigenvalue weighted by atomic mass is 16.7. The van der Waals surface area contributed by atoms with Gasteiger partial charge in [-0.1, -0.05) is 12.2 Å². The van der Waals surface area contributed by atoms with E-state index in [-0.39, 0.29) is 6.29 Å². The molecule has 1 saturated heterocycles. The van der Waals surface area contributed by atoms with Crippen LogP contribution in [0, 0.1) is 0 Å². The van der Waals surface area contributed by atoms with Gasteiger partial charge in [-0.3, -0.25) is 0 Å². The quantitative estimate of drug-likeness (QED) is 0.519. The number of methoxy groups -OCH3 is 1. The highest BCUT2D eigenvalue weighted by Crippen LogP contribution is 2.16. The molecule has 1 aliphatic rings. The molecule has 0 radical (unpaired) electrons. The molecule has 0 aromatic rings. The van der Waals surface area contributed by atoms with Crippen LogP contribution in [0.4, 0.5) is 0 Å². The zero-order valence-electron chi connectivity index (χ0n) is 6.43. The molecule has 2 heteroatoms. The monoisotopic (exact) mass is 142 g/mol. The predicted octanol–water partition coefficient (Wildman–Crippen LogP) is 1.72. The molecule has 0 bridgehead atoms. The molecule has 10 heavy (non-hydrogen) atoms. The Morgan fingerprint density at radius 2 is 2.40 bits per heavy atom. The lowest BCUT2D eigenvalue weighted by Crippen LogP contribution is -2.12. The SMILES string of the molecule is C=C1CCOC(OC)CC1. The molecule has 2 nitrogen and oxygen atoms in total. The highest BCUT2D eigenvalue weighted by molar-refractivity contribution is 4.95. The van der Waals surface area contributed by atoms with E-state index in [1.165, 1.54) is 5.57 Å². The molecule has 58 valence electrons. The third kappa shape index (κ3) is 2.12. The summed E-state index contributed by atoms with van der Waals surface area (Å²) in [6.07, 6.45) is 2.98. The molecule has 0 aliphatic carbocycles. The average molecular weight is 142 g/mol. The smallest absolute Gasteiger partial charge is 0.157 e. The topological polar surface area (TPSA) is 18.5 Å². The summed E-state index contributed by atoms with van der Waals surface area (Å²) >= 11 is 0. The molecular weight excluding hydrogens is 128 g/mol. The lowest BCUT2D eigenvalue weighted by atomic mass is 10.1. The van der Waals surface area contributed by atoms with Gasteiger partial charge in [0.05, 0.1) is 6.61 Å². The fourth-order valence-electron chi connectivity index (χ4n) is 1.05. The molecule has 0 saturated carbocycles. The van der Waals surface area contributed by atoms with Crippen LogP contribution < -0.4 is 0 Å². The van der Waals surface area contributed by atoms with E-state index in [0.29, 0.717) is 0 Å². The van der Waals surface area contributed by atoms with Crippen molar-refractivity contribution in [2.24, 2.45) is 0 Å². The van der Waals surface area contributed by atoms with Crippen LogP contribution in [0.3, 0.4) is 0 Å². The van der Waals surface area contributed by atoms with E-state index < -0.39 is 0 Å². The van der Waals surface area contributed by atoms with Crippen LogP contribution in [0.5, 0.6) is 0 Å². The molecule has 0 aromatic heterocycles. The van der Waals surface area contributed by atoms with E-state index in [2.05, 4.69) is 6.58 Å². The van der Waals surface area contributed by atoms with Crippen molar-refractivity contribution in [3.05, 3.63) is 12.2 Å². The maximum absolute atomic E-state index is 5.34. The zero-order chi connectivity index (χ0) is 7.40. The number of rotatable bonds is 1. The summed E-state index contributed by atoms with van der Waals surface area (Å²) in [5, 5.41) is 0. The van der Waals surface area contributed by atoms with Gasteiger partial charge in [-0.05, 0) is 12.8 Å². The minimum absolute atomic E-state index is 0.000694. The summed E-state index contributed by atoms with van der Waals surface area (Å²) in [5.74, 6) is 0. The van der Waals surface area contributed by atoms with Gasteiger partial charge in [0.1, 0.15) is 0 Å². The van der Waals surface area contributed by atoms with Crippen LogP contribution in [0.2, 0.25) is 0 Å². The Hall–Kier alpha value is -0.340. The van der Waals surface area contributed by atoms with Gasteiger partial charge < -0.3 is 9.47 Å². The number of ether oxygens (including phenoxy) is 2. The van der Waals surface area contributed by atoms with Gasteiger partial charge in [0, 0.05) is 13.5 Å². The van der Waals surface area contributed by atoms with Crippen LogP contribution in [-0.2, 0) is 9.47 Å². The third-order valence-corrected chi connectivity index (χ3v) is 1.76. The van der Waals surface area contributed by atoms with Gasteiger partial charge in [0.25, 0.3) is 0 Å². The Labute approximate surface area is 61.8 Å². The summed E-state index contributed by atoms with van der Waals surface area (Å²) in [4.78, 5) is 0. The molecule has 1 fully saturated rings. The van der Waals surface area contributed by atoms with Crippen molar-refractivity contribution in [3.63, 3.8) is 0 Å².